The minimum atomic E-state index is -2.98. The standard InChI is InChI=1S/C18H24N4O3S2/c1-12-4-6-14(7-5-12)10-19-17(23)13(2)26-18-21-20-16(22(18)3)15-8-9-27(24,25)11-15/h4-7,13,15H,8-11H2,1-3H3,(H,19,23)/t13-,15-/m0/s1. The van der Waals surface area contributed by atoms with Crippen LogP contribution in [0, 0.1) is 6.92 Å². The Kier molecular flexibility index (Phi) is 5.90. The smallest absolute Gasteiger partial charge is 0.233 e. The highest BCUT2D eigenvalue weighted by Gasteiger charge is 2.33. The highest BCUT2D eigenvalue weighted by molar-refractivity contribution is 8.00. The molecule has 146 valence electrons. The molecule has 3 rings (SSSR count). The molecule has 0 aliphatic carbocycles. The Bertz CT molecular complexity index is 923. The second-order valence-corrected chi connectivity index (χ2v) is 10.5. The molecule has 0 spiro atoms. The summed E-state index contributed by atoms with van der Waals surface area (Å²) in [6, 6.07) is 8.03. The van der Waals surface area contributed by atoms with Gasteiger partial charge in [0, 0.05) is 19.5 Å². The first kappa shape index (κ1) is 19.9. The van der Waals surface area contributed by atoms with Crippen LogP contribution in [0.2, 0.25) is 0 Å². The summed E-state index contributed by atoms with van der Waals surface area (Å²) in [4.78, 5) is 12.4. The summed E-state index contributed by atoms with van der Waals surface area (Å²) >= 11 is 1.32. The first-order valence-electron chi connectivity index (χ1n) is 8.85. The van der Waals surface area contributed by atoms with Gasteiger partial charge in [0.1, 0.15) is 5.82 Å². The molecule has 7 nitrogen and oxygen atoms in total. The number of aryl methyl sites for hydroxylation is 1. The molecule has 1 amide bonds. The number of sulfone groups is 1. The average molecular weight is 409 g/mol. The number of hydrogen-bond acceptors (Lipinski definition) is 6. The first-order chi connectivity index (χ1) is 12.7. The number of hydrogen-bond donors (Lipinski definition) is 1. The average Bonchev–Trinajstić information content (AvgIpc) is 3.16. The molecular weight excluding hydrogens is 384 g/mol. The molecular formula is C18H24N4O3S2. The van der Waals surface area contributed by atoms with Crippen molar-refractivity contribution < 1.29 is 13.2 Å². The van der Waals surface area contributed by atoms with Crippen LogP contribution in [0.1, 0.15) is 36.2 Å². The van der Waals surface area contributed by atoms with E-state index in [0.717, 1.165) is 5.56 Å². The molecule has 0 saturated carbocycles. The van der Waals surface area contributed by atoms with E-state index in [1.54, 1.807) is 4.57 Å². The molecule has 27 heavy (non-hydrogen) atoms. The Morgan fingerprint density at radius 1 is 1.33 bits per heavy atom. The van der Waals surface area contributed by atoms with Gasteiger partial charge in [0.2, 0.25) is 5.91 Å². The molecule has 1 aromatic heterocycles. The van der Waals surface area contributed by atoms with E-state index in [0.29, 0.717) is 23.9 Å². The van der Waals surface area contributed by atoms with Crippen LogP contribution >= 0.6 is 11.8 Å². The van der Waals surface area contributed by atoms with Crippen molar-refractivity contribution in [1.29, 1.82) is 0 Å². The Balaban J connectivity index is 1.58. The predicted molar refractivity (Wildman–Crippen MR) is 105 cm³/mol. The summed E-state index contributed by atoms with van der Waals surface area (Å²) in [5.74, 6) is 0.799. The van der Waals surface area contributed by atoms with Gasteiger partial charge < -0.3 is 9.88 Å². The monoisotopic (exact) mass is 408 g/mol. The van der Waals surface area contributed by atoms with E-state index >= 15 is 0 Å². The van der Waals surface area contributed by atoms with Crippen molar-refractivity contribution in [3.63, 3.8) is 0 Å². The van der Waals surface area contributed by atoms with Gasteiger partial charge >= 0.3 is 0 Å². The number of carbonyl (C=O) groups excluding carboxylic acids is 1. The second-order valence-electron chi connectivity index (χ2n) is 6.96. The van der Waals surface area contributed by atoms with Crippen molar-refractivity contribution in [3.05, 3.63) is 41.2 Å². The van der Waals surface area contributed by atoms with Crippen molar-refractivity contribution in [2.45, 2.75) is 43.1 Å². The van der Waals surface area contributed by atoms with Gasteiger partial charge in [-0.1, -0.05) is 41.6 Å². The summed E-state index contributed by atoms with van der Waals surface area (Å²) in [5.41, 5.74) is 2.23. The summed E-state index contributed by atoms with van der Waals surface area (Å²) < 4.78 is 25.2. The van der Waals surface area contributed by atoms with Crippen molar-refractivity contribution >= 4 is 27.5 Å². The number of nitrogens with zero attached hydrogens (tertiary/aromatic N) is 3. The summed E-state index contributed by atoms with van der Waals surface area (Å²) in [6.07, 6.45) is 0.575. The van der Waals surface area contributed by atoms with Crippen LogP contribution in [-0.2, 0) is 28.2 Å². The fourth-order valence-corrected chi connectivity index (χ4v) is 5.62. The molecule has 1 N–H and O–H groups in total. The van der Waals surface area contributed by atoms with Crippen molar-refractivity contribution in [3.8, 4) is 0 Å². The number of amides is 1. The van der Waals surface area contributed by atoms with Crippen LogP contribution in [0.4, 0.5) is 0 Å². The minimum Gasteiger partial charge on any atom is -0.351 e. The van der Waals surface area contributed by atoms with E-state index in [9.17, 15) is 13.2 Å². The van der Waals surface area contributed by atoms with Crippen LogP contribution in [-0.4, -0.2) is 45.8 Å². The Morgan fingerprint density at radius 2 is 2.04 bits per heavy atom. The number of benzene rings is 1. The third-order valence-electron chi connectivity index (χ3n) is 4.70. The molecule has 1 fully saturated rings. The maximum absolute atomic E-state index is 12.4. The van der Waals surface area contributed by atoms with E-state index in [-0.39, 0.29) is 28.6 Å². The van der Waals surface area contributed by atoms with E-state index in [1.165, 1.54) is 17.3 Å². The molecule has 0 radical (unpaired) electrons. The summed E-state index contributed by atoms with van der Waals surface area (Å²) in [5, 5.41) is 11.6. The fraction of sp³-hybridized carbons (Fsp3) is 0.500. The first-order valence-corrected chi connectivity index (χ1v) is 11.5. The zero-order valence-corrected chi connectivity index (χ0v) is 17.3. The highest BCUT2D eigenvalue weighted by Crippen LogP contribution is 2.30. The lowest BCUT2D eigenvalue weighted by atomic mass is 10.1. The number of nitrogens with one attached hydrogen (secondary N) is 1. The molecule has 2 atom stereocenters. The number of aromatic nitrogens is 3. The molecule has 1 saturated heterocycles. The Morgan fingerprint density at radius 3 is 2.67 bits per heavy atom. The van der Waals surface area contributed by atoms with Gasteiger partial charge in [-0.25, -0.2) is 8.42 Å². The van der Waals surface area contributed by atoms with Crippen molar-refractivity contribution in [1.82, 2.24) is 20.1 Å². The molecule has 0 bridgehead atoms. The van der Waals surface area contributed by atoms with Crippen LogP contribution < -0.4 is 5.32 Å². The lowest BCUT2D eigenvalue weighted by Crippen LogP contribution is -2.30. The third kappa shape index (κ3) is 4.90. The van der Waals surface area contributed by atoms with E-state index in [4.69, 9.17) is 0 Å². The Labute approximate surface area is 163 Å². The lowest BCUT2D eigenvalue weighted by Gasteiger charge is -2.12. The van der Waals surface area contributed by atoms with E-state index in [2.05, 4.69) is 15.5 Å². The van der Waals surface area contributed by atoms with Crippen LogP contribution in [0.3, 0.4) is 0 Å². The summed E-state index contributed by atoms with van der Waals surface area (Å²) in [7, 11) is -1.16. The maximum Gasteiger partial charge on any atom is 0.233 e. The van der Waals surface area contributed by atoms with E-state index < -0.39 is 9.84 Å². The zero-order chi connectivity index (χ0) is 19.6. The fourth-order valence-electron chi connectivity index (χ4n) is 3.03. The topological polar surface area (TPSA) is 94.0 Å². The molecule has 2 aromatic rings. The van der Waals surface area contributed by atoms with Gasteiger partial charge in [0.25, 0.3) is 0 Å². The number of thioether (sulfide) groups is 1. The van der Waals surface area contributed by atoms with Crippen LogP contribution in [0.5, 0.6) is 0 Å². The van der Waals surface area contributed by atoms with Gasteiger partial charge in [-0.15, -0.1) is 10.2 Å². The van der Waals surface area contributed by atoms with Gasteiger partial charge in [0.15, 0.2) is 15.0 Å². The number of carbonyl (C=O) groups is 1. The third-order valence-corrected chi connectivity index (χ3v) is 7.61. The van der Waals surface area contributed by atoms with Gasteiger partial charge in [0.05, 0.1) is 16.8 Å². The molecule has 9 heteroatoms. The Hall–Kier alpha value is -1.87. The molecule has 1 aliphatic heterocycles. The largest absolute Gasteiger partial charge is 0.351 e. The van der Waals surface area contributed by atoms with E-state index in [1.807, 2.05) is 45.2 Å². The van der Waals surface area contributed by atoms with Gasteiger partial charge in [-0.05, 0) is 25.8 Å². The van der Waals surface area contributed by atoms with Crippen molar-refractivity contribution in [2.24, 2.45) is 7.05 Å². The molecule has 1 aromatic carbocycles. The van der Waals surface area contributed by atoms with Gasteiger partial charge in [-0.3, -0.25) is 4.79 Å². The quantitative estimate of drug-likeness (QED) is 0.733. The zero-order valence-electron chi connectivity index (χ0n) is 15.7. The summed E-state index contributed by atoms with van der Waals surface area (Å²) in [6.45, 7) is 4.33. The van der Waals surface area contributed by atoms with Crippen LogP contribution in [0.25, 0.3) is 0 Å². The maximum atomic E-state index is 12.4. The highest BCUT2D eigenvalue weighted by atomic mass is 32.2. The molecule has 2 heterocycles. The SMILES string of the molecule is Cc1ccc(CNC(=O)[C@H](C)Sc2nnc([C@H]3CCS(=O)(=O)C3)n2C)cc1. The molecule has 1 aliphatic rings. The second kappa shape index (κ2) is 8.02. The number of rotatable bonds is 6. The van der Waals surface area contributed by atoms with Crippen LogP contribution in [0.15, 0.2) is 29.4 Å². The molecule has 0 unspecified atom stereocenters. The normalized spacial score (nSPS) is 19.7. The van der Waals surface area contributed by atoms with Gasteiger partial charge in [-0.2, -0.15) is 0 Å². The minimum absolute atomic E-state index is 0.0754. The lowest BCUT2D eigenvalue weighted by molar-refractivity contribution is -0.120. The van der Waals surface area contributed by atoms with Crippen molar-refractivity contribution in [2.75, 3.05) is 11.5 Å². The predicted octanol–water partition coefficient (Wildman–Crippen LogP) is 1.82.